The van der Waals surface area contributed by atoms with Gasteiger partial charge in [0.15, 0.2) is 11.5 Å². The lowest BCUT2D eigenvalue weighted by molar-refractivity contribution is -0.123. The molecule has 3 aromatic rings. The van der Waals surface area contributed by atoms with E-state index >= 15 is 0 Å². The normalized spacial score (nSPS) is 16.2. The molecule has 0 radical (unpaired) electrons. The van der Waals surface area contributed by atoms with E-state index < -0.39 is 0 Å². The predicted molar refractivity (Wildman–Crippen MR) is 119 cm³/mol. The van der Waals surface area contributed by atoms with Crippen LogP contribution in [-0.2, 0) is 4.79 Å². The van der Waals surface area contributed by atoms with Crippen molar-refractivity contribution in [2.75, 3.05) is 34.4 Å². The fourth-order valence-electron chi connectivity index (χ4n) is 4.26. The van der Waals surface area contributed by atoms with Crippen LogP contribution in [0.4, 0.5) is 0 Å². The summed E-state index contributed by atoms with van der Waals surface area (Å²) in [6.45, 7) is 3.06. The van der Waals surface area contributed by atoms with E-state index in [0.717, 1.165) is 5.56 Å². The first-order valence-corrected chi connectivity index (χ1v) is 11.1. The maximum Gasteiger partial charge on any atom is 0.230 e. The van der Waals surface area contributed by atoms with Crippen LogP contribution in [0, 0.1) is 12.8 Å². The van der Waals surface area contributed by atoms with E-state index in [1.165, 1.54) is 15.9 Å². The molecule has 3 heterocycles. The van der Waals surface area contributed by atoms with Crippen LogP contribution in [0.5, 0.6) is 23.1 Å². The Bertz CT molecular complexity index is 1110. The molecule has 1 amide bonds. The summed E-state index contributed by atoms with van der Waals surface area (Å²) in [7, 11) is 4.69. The Kier molecular flexibility index (Phi) is 6.11. The van der Waals surface area contributed by atoms with Gasteiger partial charge in [0.25, 0.3) is 0 Å². The molecule has 1 saturated heterocycles. The summed E-state index contributed by atoms with van der Waals surface area (Å²) in [5.41, 5.74) is 6.39. The molecule has 4 rings (SSSR count). The number of aromatic hydroxyl groups is 1. The molecule has 10 nitrogen and oxygen atoms in total. The van der Waals surface area contributed by atoms with Gasteiger partial charge in [0, 0.05) is 5.92 Å². The first-order valence-electron chi connectivity index (χ1n) is 10.3. The van der Waals surface area contributed by atoms with Gasteiger partial charge in [0.1, 0.15) is 5.82 Å². The van der Waals surface area contributed by atoms with Crippen molar-refractivity contribution in [2.45, 2.75) is 25.8 Å². The van der Waals surface area contributed by atoms with Crippen LogP contribution < -0.4 is 19.9 Å². The number of hydrogen-bond acceptors (Lipinski definition) is 9. The Morgan fingerprint density at radius 1 is 1.19 bits per heavy atom. The highest BCUT2D eigenvalue weighted by molar-refractivity contribution is 7.17. The number of aryl methyl sites for hydroxylation is 1. The first-order chi connectivity index (χ1) is 15.4. The minimum absolute atomic E-state index is 0.0429. The number of carbonyl (C=O) groups excluding carboxylic acids is 1. The third kappa shape index (κ3) is 3.82. The van der Waals surface area contributed by atoms with E-state index in [1.54, 1.807) is 28.3 Å². The molecule has 2 aromatic heterocycles. The van der Waals surface area contributed by atoms with Crippen molar-refractivity contribution in [1.29, 1.82) is 0 Å². The molecule has 1 atom stereocenters. The lowest BCUT2D eigenvalue weighted by Gasteiger charge is -2.36. The van der Waals surface area contributed by atoms with Crippen LogP contribution in [0.2, 0.25) is 0 Å². The Morgan fingerprint density at radius 2 is 1.81 bits per heavy atom. The number of piperidine rings is 1. The summed E-state index contributed by atoms with van der Waals surface area (Å²) in [4.78, 5) is 19.6. The number of methoxy groups -OCH3 is 3. The van der Waals surface area contributed by atoms with Crippen LogP contribution in [0.1, 0.15) is 35.1 Å². The number of rotatable bonds is 7. The summed E-state index contributed by atoms with van der Waals surface area (Å²) >= 11 is 1.38. The second-order valence-electron chi connectivity index (χ2n) is 7.72. The highest BCUT2D eigenvalue weighted by atomic mass is 32.1. The van der Waals surface area contributed by atoms with Gasteiger partial charge >= 0.3 is 0 Å². The van der Waals surface area contributed by atoms with Crippen molar-refractivity contribution in [3.05, 3.63) is 28.4 Å². The lowest BCUT2D eigenvalue weighted by atomic mass is 9.93. The van der Waals surface area contributed by atoms with E-state index in [4.69, 9.17) is 19.9 Å². The maximum atomic E-state index is 11.7. The zero-order chi connectivity index (χ0) is 23.0. The van der Waals surface area contributed by atoms with E-state index in [0.29, 0.717) is 58.8 Å². The number of nitrogens with zero attached hydrogens (tertiary/aromatic N) is 4. The summed E-state index contributed by atoms with van der Waals surface area (Å²) in [6, 6.07) is 3.44. The molecule has 11 heteroatoms. The number of carbonyl (C=O) groups is 1. The largest absolute Gasteiger partial charge is 0.493 e. The van der Waals surface area contributed by atoms with Gasteiger partial charge in [0.2, 0.25) is 22.5 Å². The van der Waals surface area contributed by atoms with Crippen molar-refractivity contribution < 1.29 is 24.1 Å². The fourth-order valence-corrected chi connectivity index (χ4v) is 5.42. The molecule has 0 aliphatic carbocycles. The van der Waals surface area contributed by atoms with Crippen molar-refractivity contribution in [1.82, 2.24) is 19.5 Å². The Morgan fingerprint density at radius 3 is 2.31 bits per heavy atom. The number of fused-ring (bicyclic) bond motifs is 1. The minimum atomic E-state index is -0.327. The van der Waals surface area contributed by atoms with Gasteiger partial charge in [-0.1, -0.05) is 11.3 Å². The predicted octanol–water partition coefficient (Wildman–Crippen LogP) is 2.12. The molecule has 0 saturated carbocycles. The zero-order valence-corrected chi connectivity index (χ0v) is 19.3. The summed E-state index contributed by atoms with van der Waals surface area (Å²) < 4.78 is 18.0. The van der Waals surface area contributed by atoms with Gasteiger partial charge < -0.3 is 25.1 Å². The molecular weight excluding hydrogens is 434 g/mol. The average molecular weight is 462 g/mol. The molecule has 172 valence electrons. The standard InChI is InChI=1S/C21H27N5O5S/c1-11-23-21-26(24-11)20(28)18(32-21)16(25-7-5-12(6-8-25)19(22)27)13-9-14(29-2)17(31-4)15(10-13)30-3/h9-10,12,16,28H,5-8H2,1-4H3,(H2,22,27). The number of benzene rings is 1. The third-order valence-corrected chi connectivity index (χ3v) is 6.93. The van der Waals surface area contributed by atoms with Crippen LogP contribution in [0.25, 0.3) is 4.96 Å². The SMILES string of the molecule is COc1cc(C(c2sc3nc(C)nn3c2O)N2CCC(C(N)=O)CC2)cc(OC)c1OC. The molecule has 1 unspecified atom stereocenters. The third-order valence-electron chi connectivity index (χ3n) is 5.85. The van der Waals surface area contributed by atoms with Crippen LogP contribution in [0.15, 0.2) is 12.1 Å². The molecule has 0 spiro atoms. The van der Waals surface area contributed by atoms with E-state index in [9.17, 15) is 9.90 Å². The van der Waals surface area contributed by atoms with Crippen molar-refractivity contribution >= 4 is 22.2 Å². The van der Waals surface area contributed by atoms with Gasteiger partial charge in [0.05, 0.1) is 32.2 Å². The first kappa shape index (κ1) is 22.2. The van der Waals surface area contributed by atoms with Gasteiger partial charge in [-0.15, -0.1) is 5.10 Å². The molecule has 1 aliphatic rings. The molecule has 3 N–H and O–H groups in total. The quantitative estimate of drug-likeness (QED) is 0.548. The number of nitrogens with two attached hydrogens (primary N) is 1. The molecular formula is C21H27N5O5S. The Hall–Kier alpha value is -3.05. The van der Waals surface area contributed by atoms with Crippen molar-refractivity contribution in [3.63, 3.8) is 0 Å². The fraction of sp³-hybridized carbons (Fsp3) is 0.476. The highest BCUT2D eigenvalue weighted by Gasteiger charge is 2.34. The highest BCUT2D eigenvalue weighted by Crippen LogP contribution is 2.46. The summed E-state index contributed by atoms with van der Waals surface area (Å²) in [6.07, 6.45) is 1.30. The second-order valence-corrected chi connectivity index (χ2v) is 8.73. The van der Waals surface area contributed by atoms with E-state index in [-0.39, 0.29) is 23.7 Å². The molecule has 1 fully saturated rings. The number of likely N-dealkylation sites (tertiary alicyclic amines) is 1. The number of ether oxygens (including phenoxy) is 3. The van der Waals surface area contributed by atoms with Gasteiger partial charge in [-0.3, -0.25) is 9.69 Å². The van der Waals surface area contributed by atoms with Gasteiger partial charge in [-0.25, -0.2) is 4.98 Å². The number of aromatic nitrogens is 3. The molecule has 0 bridgehead atoms. The number of amides is 1. The summed E-state index contributed by atoms with van der Waals surface area (Å²) in [5.74, 6) is 1.75. The molecule has 32 heavy (non-hydrogen) atoms. The lowest BCUT2D eigenvalue weighted by Crippen LogP contribution is -2.40. The van der Waals surface area contributed by atoms with Crippen molar-refractivity contribution in [2.24, 2.45) is 11.7 Å². The minimum Gasteiger partial charge on any atom is -0.493 e. The van der Waals surface area contributed by atoms with Crippen LogP contribution in [-0.4, -0.2) is 64.9 Å². The Balaban J connectivity index is 1.83. The molecule has 1 aromatic carbocycles. The monoisotopic (exact) mass is 461 g/mol. The number of primary amides is 1. The van der Waals surface area contributed by atoms with Gasteiger partial charge in [-0.2, -0.15) is 4.52 Å². The average Bonchev–Trinajstić information content (AvgIpc) is 3.30. The van der Waals surface area contributed by atoms with Gasteiger partial charge in [-0.05, 0) is 50.6 Å². The Labute approximate surface area is 189 Å². The van der Waals surface area contributed by atoms with Crippen LogP contribution in [0.3, 0.4) is 0 Å². The molecule has 1 aliphatic heterocycles. The van der Waals surface area contributed by atoms with Crippen LogP contribution >= 0.6 is 11.3 Å². The smallest absolute Gasteiger partial charge is 0.230 e. The number of hydrogen-bond donors (Lipinski definition) is 2. The maximum absolute atomic E-state index is 11.7. The zero-order valence-electron chi connectivity index (χ0n) is 18.5. The topological polar surface area (TPSA) is 124 Å². The van der Waals surface area contributed by atoms with Crippen molar-refractivity contribution in [3.8, 4) is 23.1 Å². The van der Waals surface area contributed by atoms with E-state index in [2.05, 4.69) is 15.0 Å². The second kappa shape index (κ2) is 8.83. The number of thiazole rings is 1. The van der Waals surface area contributed by atoms with E-state index in [1.807, 2.05) is 12.1 Å². The summed E-state index contributed by atoms with van der Waals surface area (Å²) in [5, 5.41) is 15.3.